The van der Waals surface area contributed by atoms with Crippen molar-refractivity contribution in [3.8, 4) is 6.26 Å². The van der Waals surface area contributed by atoms with Crippen molar-refractivity contribution >= 4 is 35.3 Å². The molecule has 0 unspecified atom stereocenters. The number of carbonyl (C=O) groups excluding carboxylic acids is 4. The van der Waals surface area contributed by atoms with Gasteiger partial charge in [-0.1, -0.05) is 27.7 Å². The van der Waals surface area contributed by atoms with Gasteiger partial charge in [0.2, 0.25) is 6.79 Å². The van der Waals surface area contributed by atoms with Crippen molar-refractivity contribution in [1.82, 2.24) is 14.6 Å². The Morgan fingerprint density at radius 2 is 1.90 bits per heavy atom. The Morgan fingerprint density at radius 1 is 1.20 bits per heavy atom. The van der Waals surface area contributed by atoms with Crippen LogP contribution in [0.4, 0.5) is 10.6 Å². The van der Waals surface area contributed by atoms with Crippen LogP contribution in [0.25, 0.3) is 5.52 Å². The molecule has 0 aromatic carbocycles. The number of nitrogens with zero attached hydrogens (tertiary/aromatic N) is 4. The second-order valence-electron chi connectivity index (χ2n) is 9.45. The monoisotopic (exact) mass is 564 g/mol. The number of nitriles is 1. The minimum absolute atomic E-state index is 0.0294. The van der Waals surface area contributed by atoms with Gasteiger partial charge in [0.05, 0.1) is 5.69 Å². The predicted molar refractivity (Wildman–Crippen MR) is 134 cm³/mol. The quantitative estimate of drug-likeness (QED) is 0.141. The molecule has 0 fully saturated rings. The lowest BCUT2D eigenvalue weighted by molar-refractivity contribution is -0.172. The molecule has 40 heavy (non-hydrogen) atoms. The standard InChI is InChI=1S/C24H32N6O10/c1-6-17(32)40-19(16(37-10-25)9-36-22(34)20(26)24(3,4)5)18(33)14-7-8-15-21(27-11-28-30(14)15)29-23(35)39-12-38-13(2)31/h7-8,11,16,18-20,33H,6,9,12,26H2,1-5H3,(H,27,28,29,35)/t16-,18+,19-,20-/m1/s1. The molecular formula is C24H32N6O10. The first-order valence-electron chi connectivity index (χ1n) is 12.0. The molecule has 0 saturated carbocycles. The van der Waals surface area contributed by atoms with Gasteiger partial charge in [-0.15, -0.1) is 0 Å². The second-order valence-corrected chi connectivity index (χ2v) is 9.45. The number of ether oxygens (including phenoxy) is 5. The highest BCUT2D eigenvalue weighted by atomic mass is 16.7. The molecule has 2 aromatic heterocycles. The van der Waals surface area contributed by atoms with E-state index >= 15 is 0 Å². The summed E-state index contributed by atoms with van der Waals surface area (Å²) in [6.45, 7) is 6.68. The third-order valence-corrected chi connectivity index (χ3v) is 5.47. The van der Waals surface area contributed by atoms with Crippen LogP contribution in [0.15, 0.2) is 18.5 Å². The Labute approximate surface area is 229 Å². The molecule has 0 radical (unpaired) electrons. The van der Waals surface area contributed by atoms with E-state index in [9.17, 15) is 29.5 Å². The van der Waals surface area contributed by atoms with Gasteiger partial charge in [0, 0.05) is 13.3 Å². The summed E-state index contributed by atoms with van der Waals surface area (Å²) in [6, 6.07) is 1.85. The Kier molecular flexibility index (Phi) is 11.1. The van der Waals surface area contributed by atoms with Gasteiger partial charge in [-0.05, 0) is 17.5 Å². The zero-order valence-corrected chi connectivity index (χ0v) is 22.7. The number of aliphatic hydroxyl groups is 1. The highest BCUT2D eigenvalue weighted by Gasteiger charge is 2.38. The van der Waals surface area contributed by atoms with E-state index in [4.69, 9.17) is 24.7 Å². The van der Waals surface area contributed by atoms with E-state index in [1.54, 1.807) is 20.8 Å². The molecule has 0 bridgehead atoms. The summed E-state index contributed by atoms with van der Waals surface area (Å²) in [6.07, 6.45) is -3.15. The summed E-state index contributed by atoms with van der Waals surface area (Å²) in [5.74, 6) is -2.20. The summed E-state index contributed by atoms with van der Waals surface area (Å²) >= 11 is 0. The van der Waals surface area contributed by atoms with Gasteiger partial charge in [-0.25, -0.2) is 14.3 Å². The first-order chi connectivity index (χ1) is 18.8. The molecule has 1 amide bonds. The molecule has 0 aliphatic heterocycles. The van der Waals surface area contributed by atoms with E-state index in [0.717, 1.165) is 13.3 Å². The number of carbonyl (C=O) groups is 4. The van der Waals surface area contributed by atoms with Gasteiger partial charge in [0.1, 0.15) is 30.6 Å². The van der Waals surface area contributed by atoms with Crippen LogP contribution in [-0.2, 0) is 38.1 Å². The maximum absolute atomic E-state index is 12.5. The smallest absolute Gasteiger partial charge is 0.415 e. The van der Waals surface area contributed by atoms with Crippen LogP contribution in [0.5, 0.6) is 0 Å². The van der Waals surface area contributed by atoms with Gasteiger partial charge in [-0.3, -0.25) is 19.7 Å². The first kappa shape index (κ1) is 31.7. The van der Waals surface area contributed by atoms with Crippen LogP contribution in [0, 0.1) is 16.9 Å². The van der Waals surface area contributed by atoms with Crippen molar-refractivity contribution in [2.45, 2.75) is 65.4 Å². The Bertz CT molecular complexity index is 1250. The number of hydrogen-bond acceptors (Lipinski definition) is 14. The van der Waals surface area contributed by atoms with E-state index < -0.39 is 67.2 Å². The molecule has 218 valence electrons. The number of aromatic nitrogens is 3. The van der Waals surface area contributed by atoms with Crippen molar-refractivity contribution in [2.24, 2.45) is 11.1 Å². The maximum atomic E-state index is 12.5. The van der Waals surface area contributed by atoms with Crippen LogP contribution in [0.3, 0.4) is 0 Å². The molecule has 0 saturated heterocycles. The van der Waals surface area contributed by atoms with Crippen molar-refractivity contribution in [3.63, 3.8) is 0 Å². The number of nitrogens with one attached hydrogen (secondary N) is 1. The average molecular weight is 565 g/mol. The number of hydrogen-bond donors (Lipinski definition) is 3. The average Bonchev–Trinajstić information content (AvgIpc) is 3.33. The van der Waals surface area contributed by atoms with Crippen molar-refractivity contribution in [3.05, 3.63) is 24.2 Å². The number of fused-ring (bicyclic) bond motifs is 1. The molecule has 16 heteroatoms. The third kappa shape index (κ3) is 8.51. The molecule has 4 atom stereocenters. The molecular weight excluding hydrogens is 532 g/mol. The van der Waals surface area contributed by atoms with E-state index in [0.29, 0.717) is 0 Å². The summed E-state index contributed by atoms with van der Waals surface area (Å²) in [5, 5.41) is 26.9. The molecule has 2 aromatic rings. The highest BCUT2D eigenvalue weighted by molar-refractivity contribution is 5.88. The molecule has 2 rings (SSSR count). The minimum atomic E-state index is -1.66. The number of anilines is 1. The lowest BCUT2D eigenvalue weighted by atomic mass is 9.87. The van der Waals surface area contributed by atoms with E-state index in [-0.39, 0.29) is 23.4 Å². The molecule has 0 spiro atoms. The van der Waals surface area contributed by atoms with E-state index in [2.05, 4.69) is 20.1 Å². The first-order valence-corrected chi connectivity index (χ1v) is 12.0. The van der Waals surface area contributed by atoms with Crippen molar-refractivity contribution in [1.29, 1.82) is 5.26 Å². The van der Waals surface area contributed by atoms with Crippen LogP contribution in [0.2, 0.25) is 0 Å². The Balaban J connectivity index is 2.34. The topological polar surface area (TPSA) is 227 Å². The molecule has 16 nitrogen and oxygen atoms in total. The third-order valence-electron chi connectivity index (χ3n) is 5.47. The number of nitrogens with two attached hydrogens (primary N) is 1. The largest absolute Gasteiger partial charge is 0.460 e. The fourth-order valence-corrected chi connectivity index (χ4v) is 3.19. The lowest BCUT2D eigenvalue weighted by Crippen LogP contribution is -2.46. The number of esters is 3. The Hall–Kier alpha value is -4.49. The van der Waals surface area contributed by atoms with Gasteiger partial charge in [-0.2, -0.15) is 10.4 Å². The number of aliphatic hydroxyl groups excluding tert-OH is 1. The van der Waals surface area contributed by atoms with Gasteiger partial charge >= 0.3 is 24.0 Å². The van der Waals surface area contributed by atoms with Crippen molar-refractivity contribution < 1.29 is 48.0 Å². The zero-order valence-electron chi connectivity index (χ0n) is 22.7. The van der Waals surface area contributed by atoms with Crippen LogP contribution in [0.1, 0.15) is 52.8 Å². The van der Waals surface area contributed by atoms with Gasteiger partial charge < -0.3 is 34.5 Å². The van der Waals surface area contributed by atoms with Crippen LogP contribution < -0.4 is 11.1 Å². The minimum Gasteiger partial charge on any atom is -0.460 e. The summed E-state index contributed by atoms with van der Waals surface area (Å²) in [7, 11) is 0. The van der Waals surface area contributed by atoms with Gasteiger partial charge in [0.15, 0.2) is 18.0 Å². The second kappa shape index (κ2) is 14.1. The van der Waals surface area contributed by atoms with E-state index in [1.807, 2.05) is 0 Å². The molecule has 4 N–H and O–H groups in total. The fraction of sp³-hybridized carbons (Fsp3) is 0.542. The fourth-order valence-electron chi connectivity index (χ4n) is 3.19. The SMILES string of the molecule is CCC(=O)O[C@H]([C@@H](COC(=O)[C@@H](N)C(C)(C)C)OC#N)[C@@H](O)c1ccc2c(NC(=O)OCOC(C)=O)ncnn12. The maximum Gasteiger partial charge on any atom is 0.415 e. The molecule has 0 aliphatic carbocycles. The number of rotatable bonds is 12. The van der Waals surface area contributed by atoms with E-state index in [1.165, 1.54) is 29.8 Å². The molecule has 0 aliphatic rings. The summed E-state index contributed by atoms with van der Waals surface area (Å²) < 4.78 is 26.1. The van der Waals surface area contributed by atoms with Gasteiger partial charge in [0.25, 0.3) is 6.26 Å². The normalized spacial score (nSPS) is 14.2. The summed E-state index contributed by atoms with van der Waals surface area (Å²) in [5.41, 5.74) is 5.55. The van der Waals surface area contributed by atoms with Crippen LogP contribution >= 0.6 is 0 Å². The zero-order chi connectivity index (χ0) is 30.0. The van der Waals surface area contributed by atoms with Crippen LogP contribution in [-0.4, -0.2) is 75.4 Å². The Morgan fingerprint density at radius 3 is 2.50 bits per heavy atom. The molecule has 2 heterocycles. The summed E-state index contributed by atoms with van der Waals surface area (Å²) in [4.78, 5) is 51.5. The highest BCUT2D eigenvalue weighted by Crippen LogP contribution is 2.28. The van der Waals surface area contributed by atoms with Crippen molar-refractivity contribution in [2.75, 3.05) is 18.7 Å². The number of amides is 1. The lowest BCUT2D eigenvalue weighted by Gasteiger charge is -2.29. The predicted octanol–water partition coefficient (Wildman–Crippen LogP) is 0.936.